The van der Waals surface area contributed by atoms with Crippen LogP contribution < -0.4 is 10.6 Å². The molecular weight excluding hydrogens is 302 g/mol. The van der Waals surface area contributed by atoms with Crippen LogP contribution in [0.4, 0.5) is 0 Å². The van der Waals surface area contributed by atoms with Crippen molar-refractivity contribution in [1.29, 1.82) is 0 Å². The molecule has 0 aliphatic rings. The molecule has 134 valence electrons. The second-order valence-corrected chi connectivity index (χ2v) is 7.01. The van der Waals surface area contributed by atoms with Gasteiger partial charge in [0.2, 0.25) is 11.8 Å². The molecule has 0 bridgehead atoms. The molecule has 0 aliphatic heterocycles. The fraction of sp³-hybridized carbons (Fsp3) is 0.800. The Balaban J connectivity index is 4.74. The van der Waals surface area contributed by atoms with Crippen molar-refractivity contribution in [2.24, 2.45) is 11.3 Å². The highest BCUT2D eigenvalue weighted by molar-refractivity contribution is 5.91. The van der Waals surface area contributed by atoms with Gasteiger partial charge in [-0.1, -0.05) is 34.6 Å². The van der Waals surface area contributed by atoms with Crippen molar-refractivity contribution >= 4 is 17.7 Å². The largest absolute Gasteiger partial charge is 0.383 e. The number of hydrogen-bond acceptors (Lipinski definition) is 5. The normalized spacial score (nSPS) is 14.1. The first kappa shape index (κ1) is 21.3. The second kappa shape index (κ2) is 8.83. The van der Waals surface area contributed by atoms with Gasteiger partial charge in [-0.25, -0.2) is 5.06 Å². The molecule has 8 nitrogen and oxygen atoms in total. The minimum atomic E-state index is -1.66. The maximum Gasteiger partial charge on any atom is 0.275 e. The van der Waals surface area contributed by atoms with Crippen LogP contribution in [0.1, 0.15) is 41.0 Å². The van der Waals surface area contributed by atoms with E-state index < -0.39 is 35.8 Å². The fourth-order valence-corrected chi connectivity index (χ4v) is 1.91. The highest BCUT2D eigenvalue weighted by atomic mass is 16.5. The molecule has 0 saturated carbocycles. The Labute approximate surface area is 137 Å². The molecule has 0 aromatic carbocycles. The van der Waals surface area contributed by atoms with E-state index in [2.05, 4.69) is 10.6 Å². The number of carbonyl (C=O) groups excluding carboxylic acids is 3. The summed E-state index contributed by atoms with van der Waals surface area (Å²) in [4.78, 5) is 35.6. The molecule has 0 aliphatic carbocycles. The predicted molar refractivity (Wildman–Crippen MR) is 84.4 cm³/mol. The van der Waals surface area contributed by atoms with Crippen LogP contribution in [-0.4, -0.2) is 58.8 Å². The van der Waals surface area contributed by atoms with E-state index in [1.54, 1.807) is 34.6 Å². The summed E-state index contributed by atoms with van der Waals surface area (Å²) in [6.45, 7) is 9.01. The minimum absolute atomic E-state index is 0.0171. The molecule has 4 N–H and O–H groups in total. The summed E-state index contributed by atoms with van der Waals surface area (Å²) in [5, 5.41) is 24.7. The maximum absolute atomic E-state index is 12.0. The lowest BCUT2D eigenvalue weighted by molar-refractivity contribution is -0.177. The van der Waals surface area contributed by atoms with Crippen molar-refractivity contribution in [3.63, 3.8) is 0 Å². The Kier molecular flexibility index (Phi) is 8.19. The van der Waals surface area contributed by atoms with Crippen LogP contribution in [0.3, 0.4) is 0 Å². The van der Waals surface area contributed by atoms with Crippen molar-refractivity contribution in [1.82, 2.24) is 15.7 Å². The number of carbonyl (C=O) groups is 3. The van der Waals surface area contributed by atoms with Gasteiger partial charge in [-0.15, -0.1) is 0 Å². The summed E-state index contributed by atoms with van der Waals surface area (Å²) in [6, 6.07) is -0.803. The first-order valence-corrected chi connectivity index (χ1v) is 7.59. The molecule has 0 rings (SSSR count). The summed E-state index contributed by atoms with van der Waals surface area (Å²) < 4.78 is 0. The molecule has 0 aromatic rings. The van der Waals surface area contributed by atoms with Crippen molar-refractivity contribution < 1.29 is 24.7 Å². The van der Waals surface area contributed by atoms with E-state index in [0.29, 0.717) is 5.06 Å². The van der Waals surface area contributed by atoms with Crippen LogP contribution >= 0.6 is 0 Å². The number of nitrogens with zero attached hydrogens (tertiary/aromatic N) is 1. The quantitative estimate of drug-likeness (QED) is 0.383. The van der Waals surface area contributed by atoms with Gasteiger partial charge in [0.05, 0.1) is 13.0 Å². The minimum Gasteiger partial charge on any atom is -0.383 e. The van der Waals surface area contributed by atoms with Gasteiger partial charge in [-0.3, -0.25) is 19.6 Å². The lowest BCUT2D eigenvalue weighted by atomic mass is 9.86. The monoisotopic (exact) mass is 331 g/mol. The number of aliphatic hydroxyl groups excluding tert-OH is 1. The Hall–Kier alpha value is -1.67. The first-order valence-electron chi connectivity index (χ1n) is 7.59. The van der Waals surface area contributed by atoms with E-state index >= 15 is 0 Å². The number of hydrogen-bond donors (Lipinski definition) is 4. The Morgan fingerprint density at radius 2 is 1.70 bits per heavy atom. The molecule has 23 heavy (non-hydrogen) atoms. The average molecular weight is 331 g/mol. The van der Waals surface area contributed by atoms with E-state index in [0.717, 1.165) is 0 Å². The van der Waals surface area contributed by atoms with Crippen LogP contribution in [0.25, 0.3) is 0 Å². The Bertz CT molecular complexity index is 431. The molecular formula is C15H29N3O5. The number of rotatable bonds is 7. The van der Waals surface area contributed by atoms with Gasteiger partial charge in [0.15, 0.2) is 0 Å². The van der Waals surface area contributed by atoms with Gasteiger partial charge in [0, 0.05) is 7.05 Å². The zero-order valence-electron chi connectivity index (χ0n) is 14.7. The zero-order valence-corrected chi connectivity index (χ0v) is 14.7. The molecule has 0 heterocycles. The number of nitrogens with one attached hydrogen (secondary N) is 2. The Morgan fingerprint density at radius 3 is 2.09 bits per heavy atom. The molecule has 3 amide bonds. The van der Waals surface area contributed by atoms with Gasteiger partial charge in [-0.2, -0.15) is 0 Å². The van der Waals surface area contributed by atoms with Gasteiger partial charge in [0.1, 0.15) is 12.1 Å². The standard InChI is InChI=1S/C15H29N3O5/c1-9(2)8-18(23)14(22)10(19)7-11(20)17-12(13(21)16-6)15(3,4)5/h9-10,12,19,23H,7-8H2,1-6H3,(H,16,21)(H,17,20)/t10-,12?/m0/s1. The average Bonchev–Trinajstić information content (AvgIpc) is 2.40. The maximum atomic E-state index is 12.0. The fourth-order valence-electron chi connectivity index (χ4n) is 1.91. The number of hydroxylamine groups is 2. The van der Waals surface area contributed by atoms with E-state index in [9.17, 15) is 24.7 Å². The van der Waals surface area contributed by atoms with Gasteiger partial charge in [0.25, 0.3) is 5.91 Å². The molecule has 0 aromatic heterocycles. The van der Waals surface area contributed by atoms with Crippen molar-refractivity contribution in [3.05, 3.63) is 0 Å². The predicted octanol–water partition coefficient (Wildman–Crippen LogP) is -0.112. The van der Waals surface area contributed by atoms with E-state index in [1.807, 2.05) is 0 Å². The summed E-state index contributed by atoms with van der Waals surface area (Å²) in [7, 11) is 1.46. The number of aliphatic hydroxyl groups is 1. The number of likely N-dealkylation sites (N-methyl/N-ethyl adjacent to an activating group) is 1. The molecule has 0 radical (unpaired) electrons. The van der Waals surface area contributed by atoms with Crippen molar-refractivity contribution in [2.45, 2.75) is 53.2 Å². The topological polar surface area (TPSA) is 119 Å². The summed E-state index contributed by atoms with van der Waals surface area (Å²) in [5.74, 6) is -1.94. The molecule has 8 heteroatoms. The summed E-state index contributed by atoms with van der Waals surface area (Å²) >= 11 is 0. The highest BCUT2D eigenvalue weighted by Crippen LogP contribution is 2.19. The lowest BCUT2D eigenvalue weighted by Gasteiger charge is -2.30. The highest BCUT2D eigenvalue weighted by Gasteiger charge is 2.33. The Morgan fingerprint density at radius 1 is 1.17 bits per heavy atom. The van der Waals surface area contributed by atoms with E-state index in [1.165, 1.54) is 7.05 Å². The third kappa shape index (κ3) is 7.43. The molecule has 2 atom stereocenters. The molecule has 0 saturated heterocycles. The molecule has 1 unspecified atom stereocenters. The van der Waals surface area contributed by atoms with Crippen molar-refractivity contribution in [2.75, 3.05) is 13.6 Å². The summed E-state index contributed by atoms with van der Waals surface area (Å²) in [6.07, 6.45) is -2.19. The lowest BCUT2D eigenvalue weighted by Crippen LogP contribution is -2.53. The van der Waals surface area contributed by atoms with Crippen LogP contribution in [0.5, 0.6) is 0 Å². The molecule has 0 fully saturated rings. The van der Waals surface area contributed by atoms with Crippen LogP contribution in [0.15, 0.2) is 0 Å². The smallest absolute Gasteiger partial charge is 0.275 e. The zero-order chi connectivity index (χ0) is 18.4. The van der Waals surface area contributed by atoms with E-state index in [-0.39, 0.29) is 18.4 Å². The number of amides is 3. The van der Waals surface area contributed by atoms with Gasteiger partial charge >= 0.3 is 0 Å². The van der Waals surface area contributed by atoms with Gasteiger partial charge < -0.3 is 15.7 Å². The second-order valence-electron chi connectivity index (χ2n) is 7.01. The molecule has 0 spiro atoms. The van der Waals surface area contributed by atoms with Crippen LogP contribution in [0.2, 0.25) is 0 Å². The third-order valence-electron chi connectivity index (χ3n) is 3.14. The van der Waals surface area contributed by atoms with Gasteiger partial charge in [-0.05, 0) is 11.3 Å². The first-order chi connectivity index (χ1) is 10.4. The van der Waals surface area contributed by atoms with Crippen molar-refractivity contribution in [3.8, 4) is 0 Å². The third-order valence-corrected chi connectivity index (χ3v) is 3.14. The van der Waals surface area contributed by atoms with Crippen LogP contribution in [0, 0.1) is 11.3 Å². The van der Waals surface area contributed by atoms with Crippen LogP contribution in [-0.2, 0) is 14.4 Å². The summed E-state index contributed by atoms with van der Waals surface area (Å²) in [5.41, 5.74) is -0.536. The SMILES string of the molecule is CNC(=O)C(NC(=O)C[C@H](O)C(=O)N(O)CC(C)C)C(C)(C)C. The van der Waals surface area contributed by atoms with E-state index in [4.69, 9.17) is 0 Å².